The van der Waals surface area contributed by atoms with Crippen molar-refractivity contribution in [2.24, 2.45) is 0 Å². The molecular formula is C18H21NS. The van der Waals surface area contributed by atoms with Crippen molar-refractivity contribution in [2.45, 2.75) is 42.9 Å². The zero-order valence-electron chi connectivity index (χ0n) is 12.6. The van der Waals surface area contributed by atoms with E-state index in [0.717, 1.165) is 6.42 Å². The minimum Gasteiger partial charge on any atom is -0.343 e. The standard InChI is InChI=1S/C18H21NS/c1-5-13-10-11-16-18(17(13)12(2)3)19(4)14-8-6-7-9-15(14)20-16/h6-12H,5H2,1-4H3. The van der Waals surface area contributed by atoms with Gasteiger partial charge in [-0.25, -0.2) is 0 Å². The Labute approximate surface area is 126 Å². The van der Waals surface area contributed by atoms with E-state index in [9.17, 15) is 0 Å². The third-order valence-electron chi connectivity index (χ3n) is 4.01. The Hall–Kier alpha value is -1.41. The van der Waals surface area contributed by atoms with Crippen molar-refractivity contribution in [3.8, 4) is 0 Å². The molecule has 1 heterocycles. The summed E-state index contributed by atoms with van der Waals surface area (Å²) in [6, 6.07) is 13.3. The minimum absolute atomic E-state index is 0.549. The molecule has 0 fully saturated rings. The molecule has 2 aromatic carbocycles. The highest BCUT2D eigenvalue weighted by Crippen LogP contribution is 2.50. The molecule has 2 heteroatoms. The Morgan fingerprint density at radius 1 is 1.05 bits per heavy atom. The lowest BCUT2D eigenvalue weighted by molar-refractivity contribution is 0.832. The van der Waals surface area contributed by atoms with Gasteiger partial charge in [0.05, 0.1) is 11.4 Å². The van der Waals surface area contributed by atoms with Crippen LogP contribution in [-0.4, -0.2) is 7.05 Å². The van der Waals surface area contributed by atoms with Crippen LogP contribution in [-0.2, 0) is 6.42 Å². The number of rotatable bonds is 2. The number of hydrogen-bond donors (Lipinski definition) is 0. The van der Waals surface area contributed by atoms with Gasteiger partial charge < -0.3 is 4.90 Å². The Morgan fingerprint density at radius 3 is 2.50 bits per heavy atom. The fourth-order valence-corrected chi connectivity index (χ4v) is 4.24. The molecule has 20 heavy (non-hydrogen) atoms. The molecule has 0 amide bonds. The number of para-hydroxylation sites is 1. The number of aryl methyl sites for hydroxylation is 1. The van der Waals surface area contributed by atoms with Gasteiger partial charge in [-0.1, -0.05) is 50.7 Å². The molecule has 0 radical (unpaired) electrons. The van der Waals surface area contributed by atoms with Crippen LogP contribution in [0.25, 0.3) is 0 Å². The van der Waals surface area contributed by atoms with Crippen molar-refractivity contribution >= 4 is 23.1 Å². The van der Waals surface area contributed by atoms with E-state index >= 15 is 0 Å². The van der Waals surface area contributed by atoms with Crippen LogP contribution in [0.15, 0.2) is 46.2 Å². The SMILES string of the molecule is CCc1ccc2c(c1C(C)C)N(C)c1ccccc1S2. The summed E-state index contributed by atoms with van der Waals surface area (Å²) >= 11 is 1.90. The highest BCUT2D eigenvalue weighted by molar-refractivity contribution is 7.99. The first-order chi connectivity index (χ1) is 9.63. The summed E-state index contributed by atoms with van der Waals surface area (Å²) in [5, 5.41) is 0. The normalized spacial score (nSPS) is 13.3. The van der Waals surface area contributed by atoms with Gasteiger partial charge in [0.25, 0.3) is 0 Å². The molecule has 0 aromatic heterocycles. The van der Waals surface area contributed by atoms with Crippen molar-refractivity contribution in [3.05, 3.63) is 47.5 Å². The smallest absolute Gasteiger partial charge is 0.0588 e. The van der Waals surface area contributed by atoms with Crippen LogP contribution in [0, 0.1) is 0 Å². The van der Waals surface area contributed by atoms with E-state index in [1.54, 1.807) is 0 Å². The van der Waals surface area contributed by atoms with Crippen LogP contribution in [0.4, 0.5) is 11.4 Å². The number of fused-ring (bicyclic) bond motifs is 2. The van der Waals surface area contributed by atoms with Crippen molar-refractivity contribution in [3.63, 3.8) is 0 Å². The second-order valence-electron chi connectivity index (χ2n) is 5.62. The van der Waals surface area contributed by atoms with Gasteiger partial charge in [-0.05, 0) is 41.7 Å². The van der Waals surface area contributed by atoms with Gasteiger partial charge in [0.15, 0.2) is 0 Å². The first-order valence-corrected chi connectivity index (χ1v) is 8.11. The summed E-state index contributed by atoms with van der Waals surface area (Å²) in [6.45, 7) is 6.85. The molecule has 2 aromatic rings. The zero-order valence-corrected chi connectivity index (χ0v) is 13.4. The second kappa shape index (κ2) is 5.17. The fraction of sp³-hybridized carbons (Fsp3) is 0.333. The summed E-state index contributed by atoms with van der Waals surface area (Å²) in [7, 11) is 2.20. The molecule has 0 unspecified atom stereocenters. The molecule has 1 aliphatic heterocycles. The Balaban J connectivity index is 2.23. The molecule has 0 bridgehead atoms. The highest BCUT2D eigenvalue weighted by atomic mass is 32.2. The second-order valence-corrected chi connectivity index (χ2v) is 6.71. The van der Waals surface area contributed by atoms with E-state index in [0.29, 0.717) is 5.92 Å². The number of anilines is 2. The quantitative estimate of drug-likeness (QED) is 0.705. The molecule has 3 rings (SSSR count). The average Bonchev–Trinajstić information content (AvgIpc) is 2.46. The predicted octanol–water partition coefficient (Wildman–Crippen LogP) is 5.60. The maximum atomic E-state index is 2.37. The third kappa shape index (κ3) is 2.03. The van der Waals surface area contributed by atoms with Crippen LogP contribution in [0.3, 0.4) is 0 Å². The first-order valence-electron chi connectivity index (χ1n) is 7.29. The van der Waals surface area contributed by atoms with Gasteiger partial charge in [0.2, 0.25) is 0 Å². The van der Waals surface area contributed by atoms with Crippen LogP contribution < -0.4 is 4.90 Å². The van der Waals surface area contributed by atoms with Gasteiger partial charge in [-0.3, -0.25) is 0 Å². The summed E-state index contributed by atoms with van der Waals surface area (Å²) < 4.78 is 0. The van der Waals surface area contributed by atoms with Crippen LogP contribution in [0.2, 0.25) is 0 Å². The Morgan fingerprint density at radius 2 is 1.80 bits per heavy atom. The topological polar surface area (TPSA) is 3.24 Å². The predicted molar refractivity (Wildman–Crippen MR) is 88.5 cm³/mol. The van der Waals surface area contributed by atoms with E-state index in [1.807, 2.05) is 11.8 Å². The lowest BCUT2D eigenvalue weighted by Crippen LogP contribution is -2.18. The summed E-state index contributed by atoms with van der Waals surface area (Å²) in [5.41, 5.74) is 5.71. The molecule has 104 valence electrons. The third-order valence-corrected chi connectivity index (χ3v) is 5.13. The maximum Gasteiger partial charge on any atom is 0.0588 e. The van der Waals surface area contributed by atoms with Gasteiger partial charge in [0, 0.05) is 16.8 Å². The Kier molecular flexibility index (Phi) is 3.51. The number of hydrogen-bond acceptors (Lipinski definition) is 2. The van der Waals surface area contributed by atoms with E-state index in [-0.39, 0.29) is 0 Å². The highest BCUT2D eigenvalue weighted by Gasteiger charge is 2.25. The molecule has 0 aliphatic carbocycles. The first kappa shape index (κ1) is 13.6. The zero-order chi connectivity index (χ0) is 14.3. The summed E-state index contributed by atoms with van der Waals surface area (Å²) in [4.78, 5) is 5.10. The summed E-state index contributed by atoms with van der Waals surface area (Å²) in [5.74, 6) is 0.549. The van der Waals surface area contributed by atoms with Crippen molar-refractivity contribution in [1.29, 1.82) is 0 Å². The minimum atomic E-state index is 0.549. The van der Waals surface area contributed by atoms with Gasteiger partial charge >= 0.3 is 0 Å². The molecule has 1 aliphatic rings. The Bertz CT molecular complexity index is 646. The van der Waals surface area contributed by atoms with Gasteiger partial charge in [-0.2, -0.15) is 0 Å². The van der Waals surface area contributed by atoms with Crippen molar-refractivity contribution in [2.75, 3.05) is 11.9 Å². The maximum absolute atomic E-state index is 2.37. The lowest BCUT2D eigenvalue weighted by atomic mass is 9.93. The van der Waals surface area contributed by atoms with Crippen LogP contribution in [0.1, 0.15) is 37.8 Å². The fourth-order valence-electron chi connectivity index (χ4n) is 3.07. The van der Waals surface area contributed by atoms with Gasteiger partial charge in [-0.15, -0.1) is 0 Å². The number of nitrogens with zero attached hydrogens (tertiary/aromatic N) is 1. The van der Waals surface area contributed by atoms with E-state index < -0.39 is 0 Å². The average molecular weight is 283 g/mol. The van der Waals surface area contributed by atoms with Crippen LogP contribution >= 0.6 is 11.8 Å². The van der Waals surface area contributed by atoms with Crippen LogP contribution in [0.5, 0.6) is 0 Å². The summed E-state index contributed by atoms with van der Waals surface area (Å²) in [6.07, 6.45) is 1.10. The van der Waals surface area contributed by atoms with Crippen molar-refractivity contribution in [1.82, 2.24) is 0 Å². The molecular weight excluding hydrogens is 262 g/mol. The molecule has 0 N–H and O–H groups in total. The van der Waals surface area contributed by atoms with Gasteiger partial charge in [0.1, 0.15) is 0 Å². The molecule has 1 nitrogen and oxygen atoms in total. The van der Waals surface area contributed by atoms with E-state index in [1.165, 1.54) is 32.3 Å². The lowest BCUT2D eigenvalue weighted by Gasteiger charge is -2.33. The number of benzene rings is 2. The largest absolute Gasteiger partial charge is 0.343 e. The van der Waals surface area contributed by atoms with E-state index in [4.69, 9.17) is 0 Å². The van der Waals surface area contributed by atoms with Crippen molar-refractivity contribution < 1.29 is 0 Å². The molecule has 0 saturated carbocycles. The molecule has 0 atom stereocenters. The monoisotopic (exact) mass is 283 g/mol. The molecule has 0 saturated heterocycles. The van der Waals surface area contributed by atoms with E-state index in [2.05, 4.69) is 69.1 Å². The molecule has 0 spiro atoms.